The van der Waals surface area contributed by atoms with Crippen molar-refractivity contribution in [1.29, 1.82) is 0 Å². The van der Waals surface area contributed by atoms with Gasteiger partial charge in [-0.1, -0.05) is 38.5 Å². The SMILES string of the molecule is Cc1nc(C(=O)NCC2CCCC2O)nn1-c1ccccc1C(C)C. The van der Waals surface area contributed by atoms with E-state index in [1.165, 1.54) is 0 Å². The highest BCUT2D eigenvalue weighted by atomic mass is 16.3. The van der Waals surface area contributed by atoms with E-state index < -0.39 is 0 Å². The fourth-order valence-corrected chi connectivity index (χ4v) is 3.44. The van der Waals surface area contributed by atoms with E-state index in [-0.39, 0.29) is 23.8 Å². The lowest BCUT2D eigenvalue weighted by Crippen LogP contribution is -2.33. The van der Waals surface area contributed by atoms with Gasteiger partial charge in [-0.2, -0.15) is 0 Å². The van der Waals surface area contributed by atoms with Gasteiger partial charge >= 0.3 is 0 Å². The minimum absolute atomic E-state index is 0.133. The molecule has 134 valence electrons. The second kappa shape index (κ2) is 7.35. The summed E-state index contributed by atoms with van der Waals surface area (Å²) in [7, 11) is 0. The molecule has 1 heterocycles. The largest absolute Gasteiger partial charge is 0.393 e. The molecule has 2 atom stereocenters. The number of para-hydroxylation sites is 1. The number of hydrogen-bond donors (Lipinski definition) is 2. The summed E-state index contributed by atoms with van der Waals surface area (Å²) in [4.78, 5) is 16.7. The smallest absolute Gasteiger partial charge is 0.290 e. The molecule has 1 aliphatic carbocycles. The fourth-order valence-electron chi connectivity index (χ4n) is 3.44. The van der Waals surface area contributed by atoms with Crippen LogP contribution in [0.15, 0.2) is 24.3 Å². The van der Waals surface area contributed by atoms with E-state index in [0.717, 1.165) is 30.5 Å². The molecule has 6 heteroatoms. The summed E-state index contributed by atoms with van der Waals surface area (Å²) in [6.07, 6.45) is 2.47. The Labute approximate surface area is 148 Å². The van der Waals surface area contributed by atoms with Crippen molar-refractivity contribution in [3.05, 3.63) is 41.5 Å². The summed E-state index contributed by atoms with van der Waals surface area (Å²) >= 11 is 0. The number of rotatable bonds is 5. The zero-order valence-corrected chi connectivity index (χ0v) is 15.1. The number of benzene rings is 1. The minimum Gasteiger partial charge on any atom is -0.393 e. The van der Waals surface area contributed by atoms with Crippen LogP contribution in [0.25, 0.3) is 5.69 Å². The van der Waals surface area contributed by atoms with E-state index in [0.29, 0.717) is 18.3 Å². The van der Waals surface area contributed by atoms with Crippen LogP contribution in [0.5, 0.6) is 0 Å². The number of aromatic nitrogens is 3. The molecule has 6 nitrogen and oxygen atoms in total. The first kappa shape index (κ1) is 17.6. The summed E-state index contributed by atoms with van der Waals surface area (Å²) in [6.45, 7) is 6.58. The van der Waals surface area contributed by atoms with Crippen molar-refractivity contribution in [2.75, 3.05) is 6.54 Å². The van der Waals surface area contributed by atoms with Crippen molar-refractivity contribution < 1.29 is 9.90 Å². The van der Waals surface area contributed by atoms with Gasteiger partial charge in [-0.05, 0) is 37.3 Å². The predicted octanol–water partition coefficient (Wildman–Crippen LogP) is 2.59. The van der Waals surface area contributed by atoms with Crippen LogP contribution in [-0.4, -0.2) is 38.4 Å². The minimum atomic E-state index is -0.314. The van der Waals surface area contributed by atoms with E-state index in [9.17, 15) is 9.90 Å². The Balaban J connectivity index is 1.77. The highest BCUT2D eigenvalue weighted by Gasteiger charge is 2.26. The Kier molecular flexibility index (Phi) is 5.18. The Morgan fingerprint density at radius 3 is 2.80 bits per heavy atom. The van der Waals surface area contributed by atoms with Crippen LogP contribution in [0.4, 0.5) is 0 Å². The third-order valence-corrected chi connectivity index (χ3v) is 4.90. The van der Waals surface area contributed by atoms with Crippen molar-refractivity contribution in [1.82, 2.24) is 20.1 Å². The second-order valence-electron chi connectivity index (χ2n) is 7.08. The standard InChI is InChI=1S/C19H26N4O2/c1-12(2)15-8-4-5-9-16(15)23-13(3)21-18(22-23)19(25)20-11-14-7-6-10-17(14)24/h4-5,8-9,12,14,17,24H,6-7,10-11H2,1-3H3,(H,20,25). The van der Waals surface area contributed by atoms with Crippen LogP contribution in [0.3, 0.4) is 0 Å². The molecule has 1 aromatic carbocycles. The molecule has 1 fully saturated rings. The van der Waals surface area contributed by atoms with Crippen molar-refractivity contribution >= 4 is 5.91 Å². The molecule has 1 amide bonds. The number of carbonyl (C=O) groups excluding carboxylic acids is 1. The van der Waals surface area contributed by atoms with E-state index >= 15 is 0 Å². The summed E-state index contributed by atoms with van der Waals surface area (Å²) < 4.78 is 1.73. The lowest BCUT2D eigenvalue weighted by Gasteiger charge is -2.14. The first-order valence-corrected chi connectivity index (χ1v) is 8.96. The number of aliphatic hydroxyl groups excluding tert-OH is 1. The summed E-state index contributed by atoms with van der Waals surface area (Å²) in [5.41, 5.74) is 2.12. The molecule has 1 saturated carbocycles. The number of nitrogens with zero attached hydrogens (tertiary/aromatic N) is 3. The zero-order chi connectivity index (χ0) is 18.0. The van der Waals surface area contributed by atoms with E-state index in [2.05, 4.69) is 35.3 Å². The number of amides is 1. The lowest BCUT2D eigenvalue weighted by molar-refractivity contribution is 0.0907. The molecule has 1 aliphatic rings. The fraction of sp³-hybridized carbons (Fsp3) is 0.526. The Bertz CT molecular complexity index is 754. The van der Waals surface area contributed by atoms with Gasteiger partial charge in [0.05, 0.1) is 11.8 Å². The molecule has 25 heavy (non-hydrogen) atoms. The third kappa shape index (κ3) is 3.74. The Morgan fingerprint density at radius 1 is 1.36 bits per heavy atom. The maximum absolute atomic E-state index is 12.4. The molecule has 0 saturated heterocycles. The lowest BCUT2D eigenvalue weighted by atomic mass is 10.0. The van der Waals surface area contributed by atoms with Gasteiger partial charge in [0.2, 0.25) is 5.82 Å². The second-order valence-corrected chi connectivity index (χ2v) is 7.08. The van der Waals surface area contributed by atoms with Crippen LogP contribution in [-0.2, 0) is 0 Å². The number of nitrogens with one attached hydrogen (secondary N) is 1. The van der Waals surface area contributed by atoms with Gasteiger partial charge in [-0.3, -0.25) is 4.79 Å². The summed E-state index contributed by atoms with van der Waals surface area (Å²) in [6, 6.07) is 8.03. The van der Waals surface area contributed by atoms with Gasteiger partial charge in [-0.25, -0.2) is 9.67 Å². The van der Waals surface area contributed by atoms with Gasteiger partial charge in [0.25, 0.3) is 5.91 Å². The topological polar surface area (TPSA) is 80.0 Å². The highest BCUT2D eigenvalue weighted by molar-refractivity contribution is 5.90. The van der Waals surface area contributed by atoms with Crippen LogP contribution < -0.4 is 5.32 Å². The maximum Gasteiger partial charge on any atom is 0.290 e. The van der Waals surface area contributed by atoms with Crippen molar-refractivity contribution in [3.8, 4) is 5.69 Å². The van der Waals surface area contributed by atoms with Gasteiger partial charge in [0, 0.05) is 12.5 Å². The molecule has 0 radical (unpaired) electrons. The number of aliphatic hydroxyl groups is 1. The average molecular weight is 342 g/mol. The predicted molar refractivity (Wildman–Crippen MR) is 95.9 cm³/mol. The van der Waals surface area contributed by atoms with Crippen LogP contribution >= 0.6 is 0 Å². The molecule has 0 bridgehead atoms. The molecule has 3 rings (SSSR count). The highest BCUT2D eigenvalue weighted by Crippen LogP contribution is 2.25. The quantitative estimate of drug-likeness (QED) is 0.875. The number of hydrogen-bond acceptors (Lipinski definition) is 4. The van der Waals surface area contributed by atoms with Crippen LogP contribution in [0.2, 0.25) is 0 Å². The molecule has 2 unspecified atom stereocenters. The Hall–Kier alpha value is -2.21. The van der Waals surface area contributed by atoms with E-state index in [1.54, 1.807) is 4.68 Å². The van der Waals surface area contributed by atoms with Crippen molar-refractivity contribution in [3.63, 3.8) is 0 Å². The van der Waals surface area contributed by atoms with Crippen LogP contribution in [0, 0.1) is 12.8 Å². The maximum atomic E-state index is 12.4. The molecule has 1 aromatic heterocycles. The molecule has 0 aliphatic heterocycles. The van der Waals surface area contributed by atoms with E-state index in [1.807, 2.05) is 25.1 Å². The molecule has 2 aromatic rings. The van der Waals surface area contributed by atoms with Gasteiger partial charge in [0.15, 0.2) is 0 Å². The third-order valence-electron chi connectivity index (χ3n) is 4.90. The molecule has 0 spiro atoms. The van der Waals surface area contributed by atoms with Crippen molar-refractivity contribution in [2.24, 2.45) is 5.92 Å². The molecule has 2 N–H and O–H groups in total. The van der Waals surface area contributed by atoms with Gasteiger partial charge in [-0.15, -0.1) is 5.10 Å². The molecular weight excluding hydrogens is 316 g/mol. The van der Waals surface area contributed by atoms with Gasteiger partial charge < -0.3 is 10.4 Å². The van der Waals surface area contributed by atoms with Crippen LogP contribution in [0.1, 0.15) is 61.0 Å². The monoisotopic (exact) mass is 342 g/mol. The first-order valence-electron chi connectivity index (χ1n) is 8.96. The van der Waals surface area contributed by atoms with Crippen molar-refractivity contribution in [2.45, 2.75) is 52.1 Å². The molecular formula is C19H26N4O2. The normalized spacial score (nSPS) is 20.2. The summed E-state index contributed by atoms with van der Waals surface area (Å²) in [5, 5.41) is 17.1. The zero-order valence-electron chi connectivity index (χ0n) is 15.1. The number of carbonyl (C=O) groups is 1. The first-order chi connectivity index (χ1) is 12.0. The van der Waals surface area contributed by atoms with Gasteiger partial charge in [0.1, 0.15) is 5.82 Å². The summed E-state index contributed by atoms with van der Waals surface area (Å²) in [5.74, 6) is 1.04. The van der Waals surface area contributed by atoms with E-state index in [4.69, 9.17) is 0 Å². The average Bonchev–Trinajstić information content (AvgIpc) is 3.18. The number of aryl methyl sites for hydroxylation is 1. The Morgan fingerprint density at radius 2 is 2.12 bits per heavy atom.